The summed E-state index contributed by atoms with van der Waals surface area (Å²) in [5, 5.41) is 56.9. The predicted octanol–water partition coefficient (Wildman–Crippen LogP) is 14.5. The fourth-order valence-electron chi connectivity index (χ4n) is 8.91. The number of carbonyl (C=O) groups excluding carboxylic acids is 2. The number of esters is 1. The fraction of sp³-hybridized carbons (Fsp3) is 0.697. The van der Waals surface area contributed by atoms with E-state index in [1.165, 1.54) is 57.8 Å². The van der Waals surface area contributed by atoms with Crippen molar-refractivity contribution in [1.82, 2.24) is 5.32 Å². The SMILES string of the molecule is CC/C=C\C/C=C\C/C=C\C/C=C\C/C=C\CCCCCCCCCCC(O)C(=O)NC(COC1OC(CO)C(O)C(O)C1OC(=O)CCCCCCC\C=C/C=C/C=C/CC)C(O)/C=C/CCCCCCCCCCC. The Morgan fingerprint density at radius 3 is 1.55 bits per heavy atom. The second-order valence-corrected chi connectivity index (χ2v) is 20.7. The largest absolute Gasteiger partial charge is 0.454 e. The van der Waals surface area contributed by atoms with Crippen LogP contribution in [0, 0.1) is 0 Å². The number of hydrogen-bond acceptors (Lipinski definition) is 10. The molecule has 8 atom stereocenters. The summed E-state index contributed by atoms with van der Waals surface area (Å²) in [5.74, 6) is -1.23. The first-order chi connectivity index (χ1) is 37.7. The highest BCUT2D eigenvalue weighted by Gasteiger charge is 2.47. The molecule has 1 amide bonds. The summed E-state index contributed by atoms with van der Waals surface area (Å²) in [5.41, 5.74) is 0. The number of ether oxygens (including phenoxy) is 3. The first-order valence-electron chi connectivity index (χ1n) is 30.7. The van der Waals surface area contributed by atoms with Crippen LogP contribution in [-0.2, 0) is 23.8 Å². The smallest absolute Gasteiger partial charge is 0.306 e. The Morgan fingerprint density at radius 1 is 0.532 bits per heavy atom. The van der Waals surface area contributed by atoms with Crippen molar-refractivity contribution in [3.05, 3.63) is 109 Å². The molecule has 0 saturated carbocycles. The number of allylic oxidation sites excluding steroid dienone is 17. The molecule has 1 rings (SSSR count). The first kappa shape index (κ1) is 71.3. The monoisotopic (exact) mass is 1080 g/mol. The summed E-state index contributed by atoms with van der Waals surface area (Å²) in [6.07, 6.45) is 61.3. The zero-order valence-electron chi connectivity index (χ0n) is 48.5. The van der Waals surface area contributed by atoms with E-state index in [4.69, 9.17) is 14.2 Å². The van der Waals surface area contributed by atoms with Crippen molar-refractivity contribution in [3.8, 4) is 0 Å². The number of nitrogens with one attached hydrogen (secondary N) is 1. The molecule has 8 unspecified atom stereocenters. The lowest BCUT2D eigenvalue weighted by molar-refractivity contribution is -0.305. The molecule has 1 heterocycles. The standard InChI is InChI=1S/C66H111NO10/c1-4-7-10-13-16-19-22-24-25-26-27-28-29-30-31-32-33-34-36-38-41-44-47-50-53-59(70)65(74)67-57(58(69)52-49-46-43-40-37-21-18-15-12-9-6-3)56-75-66-64(63(73)62(72)60(55-68)76-66)77-61(71)54-51-48-45-42-39-35-23-20-17-14-11-8-5-2/h7-8,10-11,14,16-17,19-20,23-25,27-28,30-31,49,52,57-60,62-64,66,68-70,72-73H,4-6,9,12-13,15,18,21-22,26,29,32-48,50-51,53-56H2,1-3H3,(H,67,74)/b10-7-,11-8+,17-14+,19-16-,23-20-,25-24-,28-27-,31-30-,52-49+. The quantitative estimate of drug-likeness (QED) is 0.0149. The van der Waals surface area contributed by atoms with Crippen LogP contribution in [0.15, 0.2) is 109 Å². The van der Waals surface area contributed by atoms with E-state index in [0.717, 1.165) is 128 Å². The fourth-order valence-corrected chi connectivity index (χ4v) is 8.91. The van der Waals surface area contributed by atoms with E-state index in [0.29, 0.717) is 12.8 Å². The lowest BCUT2D eigenvalue weighted by atomic mass is 9.99. The van der Waals surface area contributed by atoms with Gasteiger partial charge in [-0.05, 0) is 89.9 Å². The number of unbranched alkanes of at least 4 members (excludes halogenated alkanes) is 22. The minimum Gasteiger partial charge on any atom is -0.454 e. The Bertz CT molecular complexity index is 1660. The maximum absolute atomic E-state index is 13.4. The molecule has 0 bridgehead atoms. The molecule has 0 aromatic rings. The highest BCUT2D eigenvalue weighted by Crippen LogP contribution is 2.26. The van der Waals surface area contributed by atoms with Crippen LogP contribution < -0.4 is 5.32 Å². The Kier molecular flexibility index (Phi) is 49.1. The van der Waals surface area contributed by atoms with Gasteiger partial charge in [0.05, 0.1) is 25.4 Å². The van der Waals surface area contributed by atoms with E-state index in [-0.39, 0.29) is 19.4 Å². The molecule has 11 heteroatoms. The van der Waals surface area contributed by atoms with Gasteiger partial charge in [-0.25, -0.2) is 0 Å². The van der Waals surface area contributed by atoms with Gasteiger partial charge in [0.25, 0.3) is 0 Å². The van der Waals surface area contributed by atoms with E-state index < -0.39 is 67.4 Å². The van der Waals surface area contributed by atoms with Crippen molar-refractivity contribution in [2.45, 2.75) is 282 Å². The second kappa shape index (κ2) is 53.0. The van der Waals surface area contributed by atoms with Gasteiger partial charge in [-0.15, -0.1) is 0 Å². The summed E-state index contributed by atoms with van der Waals surface area (Å²) >= 11 is 0. The van der Waals surface area contributed by atoms with Gasteiger partial charge < -0.3 is 45.1 Å². The summed E-state index contributed by atoms with van der Waals surface area (Å²) < 4.78 is 17.6. The Morgan fingerprint density at radius 2 is 1.00 bits per heavy atom. The molecule has 77 heavy (non-hydrogen) atoms. The molecular formula is C66H111NO10. The molecule has 0 aromatic carbocycles. The number of amides is 1. The number of rotatable bonds is 50. The maximum atomic E-state index is 13.4. The normalized spacial score (nSPS) is 19.8. The molecule has 6 N–H and O–H groups in total. The van der Waals surface area contributed by atoms with Crippen molar-refractivity contribution >= 4 is 11.9 Å². The maximum Gasteiger partial charge on any atom is 0.306 e. The molecule has 11 nitrogen and oxygen atoms in total. The molecule has 1 aliphatic heterocycles. The Hall–Kier alpha value is -3.68. The van der Waals surface area contributed by atoms with Crippen LogP contribution in [0.25, 0.3) is 0 Å². The highest BCUT2D eigenvalue weighted by molar-refractivity contribution is 5.80. The van der Waals surface area contributed by atoms with Crippen molar-refractivity contribution in [1.29, 1.82) is 0 Å². The number of carbonyl (C=O) groups is 2. The Labute approximate surface area is 468 Å². The predicted molar refractivity (Wildman–Crippen MR) is 319 cm³/mol. The summed E-state index contributed by atoms with van der Waals surface area (Å²) in [7, 11) is 0. The van der Waals surface area contributed by atoms with Crippen LogP contribution in [-0.4, -0.2) is 99.6 Å². The van der Waals surface area contributed by atoms with Gasteiger partial charge >= 0.3 is 5.97 Å². The van der Waals surface area contributed by atoms with Gasteiger partial charge in [-0.2, -0.15) is 0 Å². The molecule has 0 aromatic heterocycles. The van der Waals surface area contributed by atoms with Crippen LogP contribution in [0.2, 0.25) is 0 Å². The molecule has 0 aliphatic carbocycles. The first-order valence-corrected chi connectivity index (χ1v) is 30.7. The van der Waals surface area contributed by atoms with Gasteiger partial charge in [0.1, 0.15) is 24.4 Å². The van der Waals surface area contributed by atoms with Crippen LogP contribution >= 0.6 is 0 Å². The average Bonchev–Trinajstić information content (AvgIpc) is 3.44. The zero-order valence-corrected chi connectivity index (χ0v) is 48.5. The summed E-state index contributed by atoms with van der Waals surface area (Å²) in [6.45, 7) is 5.50. The summed E-state index contributed by atoms with van der Waals surface area (Å²) in [6, 6.07) is -1.04. The van der Waals surface area contributed by atoms with Crippen LogP contribution in [0.3, 0.4) is 0 Å². The topological polar surface area (TPSA) is 175 Å². The number of aliphatic hydroxyl groups excluding tert-OH is 5. The highest BCUT2D eigenvalue weighted by atomic mass is 16.7. The van der Waals surface area contributed by atoms with Crippen molar-refractivity contribution in [2.24, 2.45) is 0 Å². The van der Waals surface area contributed by atoms with E-state index in [2.05, 4.69) is 105 Å². The van der Waals surface area contributed by atoms with Gasteiger partial charge in [-0.1, -0.05) is 246 Å². The van der Waals surface area contributed by atoms with Gasteiger partial charge in [0.2, 0.25) is 5.91 Å². The molecule has 0 radical (unpaired) electrons. The lowest BCUT2D eigenvalue weighted by Crippen LogP contribution is -2.61. The third-order valence-corrected chi connectivity index (χ3v) is 13.7. The molecular weight excluding hydrogens is 967 g/mol. The van der Waals surface area contributed by atoms with Gasteiger partial charge in [0.15, 0.2) is 12.4 Å². The third-order valence-electron chi connectivity index (χ3n) is 13.7. The van der Waals surface area contributed by atoms with Crippen LogP contribution in [0.4, 0.5) is 0 Å². The zero-order chi connectivity index (χ0) is 56.1. The molecule has 1 aliphatic rings. The molecule has 1 saturated heterocycles. The van der Waals surface area contributed by atoms with Gasteiger partial charge in [0, 0.05) is 6.42 Å². The van der Waals surface area contributed by atoms with E-state index in [1.54, 1.807) is 6.08 Å². The number of aliphatic hydroxyl groups is 5. The summed E-state index contributed by atoms with van der Waals surface area (Å²) in [4.78, 5) is 26.5. The molecule has 0 spiro atoms. The van der Waals surface area contributed by atoms with Crippen LogP contribution in [0.5, 0.6) is 0 Å². The third kappa shape index (κ3) is 41.1. The minimum absolute atomic E-state index is 0.0947. The van der Waals surface area contributed by atoms with E-state index in [9.17, 15) is 35.1 Å². The van der Waals surface area contributed by atoms with Crippen molar-refractivity contribution in [3.63, 3.8) is 0 Å². The molecule has 440 valence electrons. The van der Waals surface area contributed by atoms with Crippen LogP contribution in [0.1, 0.15) is 233 Å². The van der Waals surface area contributed by atoms with E-state index in [1.807, 2.05) is 24.3 Å². The van der Waals surface area contributed by atoms with Crippen molar-refractivity contribution < 1.29 is 49.3 Å². The van der Waals surface area contributed by atoms with E-state index >= 15 is 0 Å². The Balaban J connectivity index is 2.64. The second-order valence-electron chi connectivity index (χ2n) is 20.7. The minimum atomic E-state index is -1.63. The number of hydrogen-bond donors (Lipinski definition) is 6. The lowest BCUT2D eigenvalue weighted by Gasteiger charge is -2.41. The van der Waals surface area contributed by atoms with Gasteiger partial charge in [-0.3, -0.25) is 9.59 Å². The average molecular weight is 1080 g/mol. The molecule has 1 fully saturated rings. The van der Waals surface area contributed by atoms with Crippen molar-refractivity contribution in [2.75, 3.05) is 13.2 Å².